The predicted molar refractivity (Wildman–Crippen MR) is 134 cm³/mol. The van der Waals surface area contributed by atoms with E-state index in [-0.39, 0.29) is 19.1 Å². The first kappa shape index (κ1) is 26.7. The highest BCUT2D eigenvalue weighted by atomic mass is 19.4. The predicted octanol–water partition coefficient (Wildman–Crippen LogP) is 3.21. The van der Waals surface area contributed by atoms with Gasteiger partial charge in [-0.3, -0.25) is 14.7 Å². The summed E-state index contributed by atoms with van der Waals surface area (Å²) in [6, 6.07) is 12.5. The zero-order chi connectivity index (χ0) is 27.4. The first-order valence-electron chi connectivity index (χ1n) is 12.5. The zero-order valence-electron chi connectivity index (χ0n) is 20.9. The number of pyridine rings is 1. The fourth-order valence-corrected chi connectivity index (χ4v) is 4.53. The van der Waals surface area contributed by atoms with Crippen LogP contribution in [0.15, 0.2) is 48.7 Å². The Bertz CT molecular complexity index is 1320. The van der Waals surface area contributed by atoms with Gasteiger partial charge in [0.1, 0.15) is 18.5 Å². The van der Waals surface area contributed by atoms with E-state index in [1.807, 2.05) is 23.1 Å². The van der Waals surface area contributed by atoms with E-state index >= 15 is 0 Å². The number of aromatic amines is 1. The largest absolute Gasteiger partial charge is 0.490 e. The molecule has 1 atom stereocenters. The second-order valence-corrected chi connectivity index (χ2v) is 9.28. The van der Waals surface area contributed by atoms with E-state index in [0.29, 0.717) is 49.9 Å². The SMILES string of the molecule is O=C1NCCc2[nH]c(-c3ccnc(-c4ccc(OCC(CN5CCOCC5)OC(=O)C(F)(F)F)cc4)c3)cc21. The Morgan fingerprint density at radius 1 is 1.10 bits per heavy atom. The molecule has 1 aromatic carbocycles. The van der Waals surface area contributed by atoms with Crippen LogP contribution in [0.1, 0.15) is 16.1 Å². The minimum Gasteiger partial charge on any atom is -0.490 e. The van der Waals surface area contributed by atoms with Crippen LogP contribution in [0.25, 0.3) is 22.5 Å². The van der Waals surface area contributed by atoms with Crippen LogP contribution in [0.5, 0.6) is 5.75 Å². The summed E-state index contributed by atoms with van der Waals surface area (Å²) in [4.78, 5) is 33.2. The fourth-order valence-electron chi connectivity index (χ4n) is 4.53. The van der Waals surface area contributed by atoms with Crippen molar-refractivity contribution in [3.05, 3.63) is 59.9 Å². The molecule has 12 heteroatoms. The molecule has 4 heterocycles. The molecule has 2 aromatic heterocycles. The van der Waals surface area contributed by atoms with Crippen molar-refractivity contribution in [1.29, 1.82) is 0 Å². The number of esters is 1. The third-order valence-corrected chi connectivity index (χ3v) is 6.53. The molecule has 0 bridgehead atoms. The Labute approximate surface area is 222 Å². The van der Waals surface area contributed by atoms with Gasteiger partial charge in [-0.25, -0.2) is 4.79 Å². The third-order valence-electron chi connectivity index (χ3n) is 6.53. The number of amides is 1. The van der Waals surface area contributed by atoms with Crippen molar-refractivity contribution in [2.24, 2.45) is 0 Å². The number of rotatable bonds is 8. The zero-order valence-corrected chi connectivity index (χ0v) is 20.9. The van der Waals surface area contributed by atoms with Crippen LogP contribution in [0.2, 0.25) is 0 Å². The lowest BCUT2D eigenvalue weighted by molar-refractivity contribution is -0.207. The van der Waals surface area contributed by atoms with Crippen molar-refractivity contribution in [3.8, 4) is 28.3 Å². The number of morpholine rings is 1. The molecule has 9 nitrogen and oxygen atoms in total. The van der Waals surface area contributed by atoms with E-state index in [0.717, 1.165) is 28.9 Å². The highest BCUT2D eigenvalue weighted by molar-refractivity contribution is 5.97. The smallest absolute Gasteiger partial charge is 0.490 e. The molecule has 2 aliphatic rings. The summed E-state index contributed by atoms with van der Waals surface area (Å²) in [6.07, 6.45) is -3.77. The van der Waals surface area contributed by atoms with Crippen LogP contribution < -0.4 is 10.1 Å². The van der Waals surface area contributed by atoms with Crippen LogP contribution in [-0.2, 0) is 20.7 Å². The number of nitrogens with zero attached hydrogens (tertiary/aromatic N) is 2. The third kappa shape index (κ3) is 6.58. The number of aromatic nitrogens is 2. The first-order chi connectivity index (χ1) is 18.8. The van der Waals surface area contributed by atoms with Gasteiger partial charge >= 0.3 is 12.1 Å². The lowest BCUT2D eigenvalue weighted by atomic mass is 10.1. The summed E-state index contributed by atoms with van der Waals surface area (Å²) in [5, 5.41) is 2.83. The van der Waals surface area contributed by atoms with Gasteiger partial charge in [0.25, 0.3) is 5.91 Å². The van der Waals surface area contributed by atoms with Gasteiger partial charge in [0.2, 0.25) is 0 Å². The Kier molecular flexibility index (Phi) is 7.84. The Balaban J connectivity index is 1.25. The maximum absolute atomic E-state index is 12.8. The highest BCUT2D eigenvalue weighted by Crippen LogP contribution is 2.28. The van der Waals surface area contributed by atoms with Gasteiger partial charge in [-0.15, -0.1) is 0 Å². The molecule has 206 valence electrons. The lowest BCUT2D eigenvalue weighted by Crippen LogP contribution is -2.45. The van der Waals surface area contributed by atoms with E-state index in [2.05, 4.69) is 15.3 Å². The number of nitrogens with one attached hydrogen (secondary N) is 2. The fraction of sp³-hybridized carbons (Fsp3) is 0.370. The number of ether oxygens (including phenoxy) is 3. The number of fused-ring (bicyclic) bond motifs is 1. The summed E-state index contributed by atoms with van der Waals surface area (Å²) in [6.45, 7) is 2.43. The number of carbonyl (C=O) groups is 2. The van der Waals surface area contributed by atoms with Crippen molar-refractivity contribution in [1.82, 2.24) is 20.2 Å². The molecule has 3 aromatic rings. The van der Waals surface area contributed by atoms with E-state index < -0.39 is 18.2 Å². The highest BCUT2D eigenvalue weighted by Gasteiger charge is 2.42. The Morgan fingerprint density at radius 2 is 1.87 bits per heavy atom. The van der Waals surface area contributed by atoms with Crippen molar-refractivity contribution in [3.63, 3.8) is 0 Å². The maximum atomic E-state index is 12.8. The lowest BCUT2D eigenvalue weighted by Gasteiger charge is -2.30. The summed E-state index contributed by atoms with van der Waals surface area (Å²) in [7, 11) is 0. The van der Waals surface area contributed by atoms with E-state index in [1.54, 1.807) is 30.5 Å². The standard InChI is InChI=1S/C27H27F3N4O5/c28-27(29,30)26(36)39-20(15-34-9-11-37-12-10-34)16-38-19-3-1-17(2-4-19)23-13-18(5-7-31-23)24-14-21-22(33-24)6-8-32-25(21)35/h1-5,7,13-14,20,33H,6,8-12,15-16H2,(H,32,35). The summed E-state index contributed by atoms with van der Waals surface area (Å²) in [5.74, 6) is -1.92. The van der Waals surface area contributed by atoms with Crippen molar-refractivity contribution in [2.45, 2.75) is 18.7 Å². The molecule has 0 saturated carbocycles. The van der Waals surface area contributed by atoms with Gasteiger partial charge in [0.05, 0.1) is 24.5 Å². The molecule has 2 N–H and O–H groups in total. The first-order valence-corrected chi connectivity index (χ1v) is 12.5. The molecule has 1 saturated heterocycles. The topological polar surface area (TPSA) is 106 Å². The number of hydrogen-bond donors (Lipinski definition) is 2. The number of alkyl halides is 3. The number of benzene rings is 1. The van der Waals surface area contributed by atoms with E-state index in [1.165, 1.54) is 0 Å². The minimum atomic E-state index is -5.09. The average Bonchev–Trinajstić information content (AvgIpc) is 3.38. The molecular formula is C27H27F3N4O5. The summed E-state index contributed by atoms with van der Waals surface area (Å²) >= 11 is 0. The van der Waals surface area contributed by atoms with E-state index in [9.17, 15) is 22.8 Å². The second-order valence-electron chi connectivity index (χ2n) is 9.28. The number of hydrogen-bond acceptors (Lipinski definition) is 7. The molecule has 0 radical (unpaired) electrons. The van der Waals surface area contributed by atoms with E-state index in [4.69, 9.17) is 14.2 Å². The Morgan fingerprint density at radius 3 is 2.59 bits per heavy atom. The number of halogens is 3. The van der Waals surface area contributed by atoms with Gasteiger partial charge in [-0.1, -0.05) is 0 Å². The molecule has 0 spiro atoms. The van der Waals surface area contributed by atoms with Crippen LogP contribution in [0, 0.1) is 0 Å². The van der Waals surface area contributed by atoms with Gasteiger partial charge in [0, 0.05) is 61.3 Å². The van der Waals surface area contributed by atoms with Crippen LogP contribution >= 0.6 is 0 Å². The molecular weight excluding hydrogens is 517 g/mol. The summed E-state index contributed by atoms with van der Waals surface area (Å²) in [5.41, 5.74) is 4.73. The van der Waals surface area contributed by atoms with Crippen LogP contribution in [-0.4, -0.2) is 85.0 Å². The second kappa shape index (κ2) is 11.5. The van der Waals surface area contributed by atoms with Crippen molar-refractivity contribution < 1.29 is 37.0 Å². The van der Waals surface area contributed by atoms with Gasteiger partial charge in [-0.05, 0) is 42.5 Å². The van der Waals surface area contributed by atoms with Gasteiger partial charge in [0.15, 0.2) is 0 Å². The van der Waals surface area contributed by atoms with Crippen LogP contribution in [0.3, 0.4) is 0 Å². The molecule has 1 amide bonds. The maximum Gasteiger partial charge on any atom is 0.490 e. The van der Waals surface area contributed by atoms with Gasteiger partial charge in [-0.2, -0.15) is 13.2 Å². The normalized spacial score (nSPS) is 16.7. The molecule has 1 unspecified atom stereocenters. The molecule has 0 aliphatic carbocycles. The van der Waals surface area contributed by atoms with Gasteiger partial charge < -0.3 is 24.5 Å². The molecule has 2 aliphatic heterocycles. The van der Waals surface area contributed by atoms with Crippen LogP contribution in [0.4, 0.5) is 13.2 Å². The monoisotopic (exact) mass is 544 g/mol. The molecule has 39 heavy (non-hydrogen) atoms. The Hall–Kier alpha value is -3.90. The molecule has 5 rings (SSSR count). The average molecular weight is 545 g/mol. The van der Waals surface area contributed by atoms with Crippen molar-refractivity contribution >= 4 is 11.9 Å². The number of H-pyrrole nitrogens is 1. The quantitative estimate of drug-likeness (QED) is 0.420. The summed E-state index contributed by atoms with van der Waals surface area (Å²) < 4.78 is 54.1. The number of carbonyl (C=O) groups excluding carboxylic acids is 2. The minimum absolute atomic E-state index is 0.0935. The molecule has 1 fully saturated rings. The van der Waals surface area contributed by atoms with Crippen molar-refractivity contribution in [2.75, 3.05) is 46.0 Å².